The topological polar surface area (TPSA) is 25.8 Å². The molecule has 2 nitrogen and oxygen atoms in total. The van der Waals surface area contributed by atoms with E-state index in [9.17, 15) is 0 Å². The molecule has 1 heterocycles. The highest BCUT2D eigenvalue weighted by Gasteiger charge is 2.18. The summed E-state index contributed by atoms with van der Waals surface area (Å²) in [5.41, 5.74) is 1.00. The maximum Gasteiger partial charge on any atom is 0.188 e. The van der Waals surface area contributed by atoms with E-state index in [1.165, 1.54) is 11.8 Å². The Morgan fingerprint density at radius 3 is 2.38 bits per heavy atom. The van der Waals surface area contributed by atoms with Crippen molar-refractivity contribution in [2.24, 2.45) is 0 Å². The molecule has 0 saturated heterocycles. The van der Waals surface area contributed by atoms with Crippen LogP contribution in [0, 0.1) is 0 Å². The van der Waals surface area contributed by atoms with Crippen LogP contribution in [0.4, 0.5) is 0 Å². The molecule has 1 rings (SSSR count). The Balaban J connectivity index is 3.13. The Labute approximate surface area is 88.1 Å². The minimum atomic E-state index is 0.00796. The predicted octanol–water partition coefficient (Wildman–Crippen LogP) is 3.15. The van der Waals surface area contributed by atoms with Gasteiger partial charge in [0.15, 0.2) is 5.16 Å². The van der Waals surface area contributed by atoms with E-state index in [1.54, 1.807) is 6.20 Å². The lowest BCUT2D eigenvalue weighted by Gasteiger charge is -2.19. The van der Waals surface area contributed by atoms with E-state index in [1.807, 2.05) is 6.26 Å². The van der Waals surface area contributed by atoms with Crippen LogP contribution in [0.1, 0.15) is 26.3 Å². The van der Waals surface area contributed by atoms with Crippen molar-refractivity contribution in [2.75, 3.05) is 6.26 Å². The highest BCUT2D eigenvalue weighted by Crippen LogP contribution is 2.28. The van der Waals surface area contributed by atoms with Gasteiger partial charge in [-0.3, -0.25) is 0 Å². The van der Waals surface area contributed by atoms with E-state index in [4.69, 9.17) is 11.6 Å². The lowest BCUT2D eigenvalue weighted by molar-refractivity contribution is 0.581. The second-order valence-corrected chi connectivity index (χ2v) is 4.94. The summed E-state index contributed by atoms with van der Waals surface area (Å²) in [7, 11) is 0. The summed E-state index contributed by atoms with van der Waals surface area (Å²) in [6, 6.07) is 0. The van der Waals surface area contributed by atoms with Crippen molar-refractivity contribution in [1.82, 2.24) is 9.97 Å². The smallest absolute Gasteiger partial charge is 0.188 e. The molecule has 1 aromatic heterocycles. The average Bonchev–Trinajstić information content (AvgIpc) is 2.01. The third kappa shape index (κ3) is 2.58. The average molecular weight is 217 g/mol. The molecule has 0 aliphatic heterocycles. The molecule has 0 atom stereocenters. The van der Waals surface area contributed by atoms with Gasteiger partial charge >= 0.3 is 0 Å². The molecule has 72 valence electrons. The number of hydrogen-bond donors (Lipinski definition) is 0. The van der Waals surface area contributed by atoms with Gasteiger partial charge in [0.1, 0.15) is 5.15 Å². The second-order valence-electron chi connectivity index (χ2n) is 3.81. The van der Waals surface area contributed by atoms with E-state index in [-0.39, 0.29) is 5.41 Å². The third-order valence-electron chi connectivity index (χ3n) is 1.71. The first-order valence-corrected chi connectivity index (χ1v) is 5.62. The summed E-state index contributed by atoms with van der Waals surface area (Å²) in [6.07, 6.45) is 3.74. The summed E-state index contributed by atoms with van der Waals surface area (Å²) in [4.78, 5) is 8.37. The van der Waals surface area contributed by atoms with Gasteiger partial charge in [0.2, 0.25) is 0 Å². The van der Waals surface area contributed by atoms with Crippen LogP contribution in [-0.2, 0) is 5.41 Å². The Morgan fingerprint density at radius 1 is 1.38 bits per heavy atom. The molecule has 0 aliphatic carbocycles. The number of nitrogens with zero attached hydrogens (tertiary/aromatic N) is 2. The fourth-order valence-corrected chi connectivity index (χ4v) is 1.75. The molecule has 4 heteroatoms. The fraction of sp³-hybridized carbons (Fsp3) is 0.556. The number of thioether (sulfide) groups is 1. The van der Waals surface area contributed by atoms with Crippen LogP contribution in [0.3, 0.4) is 0 Å². The van der Waals surface area contributed by atoms with Gasteiger partial charge in [0.05, 0.1) is 0 Å². The van der Waals surface area contributed by atoms with Crippen LogP contribution in [0.5, 0.6) is 0 Å². The van der Waals surface area contributed by atoms with Gasteiger partial charge in [-0.2, -0.15) is 0 Å². The van der Waals surface area contributed by atoms with E-state index < -0.39 is 0 Å². The first-order chi connectivity index (χ1) is 5.95. The van der Waals surface area contributed by atoms with Gasteiger partial charge in [0.25, 0.3) is 0 Å². The number of halogens is 1. The monoisotopic (exact) mass is 216 g/mol. The standard InChI is InChI=1S/C9H13ClN2S/c1-9(2,3)6-5-11-8(13-4)12-7(6)10/h5H,1-4H3. The van der Waals surface area contributed by atoms with E-state index in [0.29, 0.717) is 5.15 Å². The molecule has 0 aliphatic rings. The molecule has 0 unspecified atom stereocenters. The normalized spacial score (nSPS) is 11.8. The maximum atomic E-state index is 6.03. The highest BCUT2D eigenvalue weighted by atomic mass is 35.5. The Hall–Kier alpha value is -0.280. The van der Waals surface area contributed by atoms with Gasteiger partial charge in [-0.25, -0.2) is 9.97 Å². The lowest BCUT2D eigenvalue weighted by Crippen LogP contribution is -2.13. The van der Waals surface area contributed by atoms with Crippen molar-refractivity contribution in [3.63, 3.8) is 0 Å². The second kappa shape index (κ2) is 3.84. The Morgan fingerprint density at radius 2 is 2.00 bits per heavy atom. The van der Waals surface area contributed by atoms with Gasteiger partial charge in [-0.15, -0.1) is 0 Å². The quantitative estimate of drug-likeness (QED) is 0.410. The van der Waals surface area contributed by atoms with Gasteiger partial charge in [-0.1, -0.05) is 44.1 Å². The van der Waals surface area contributed by atoms with Crippen molar-refractivity contribution in [3.05, 3.63) is 16.9 Å². The highest BCUT2D eigenvalue weighted by molar-refractivity contribution is 7.98. The van der Waals surface area contributed by atoms with Gasteiger partial charge < -0.3 is 0 Å². The summed E-state index contributed by atoms with van der Waals surface area (Å²) < 4.78 is 0. The van der Waals surface area contributed by atoms with Crippen LogP contribution in [0.25, 0.3) is 0 Å². The van der Waals surface area contributed by atoms with Crippen LogP contribution in [-0.4, -0.2) is 16.2 Å². The molecule has 0 bridgehead atoms. The summed E-state index contributed by atoms with van der Waals surface area (Å²) in [6.45, 7) is 6.28. The molecule has 0 aromatic carbocycles. The summed E-state index contributed by atoms with van der Waals surface area (Å²) in [5.74, 6) is 0. The van der Waals surface area contributed by atoms with Crippen LogP contribution >= 0.6 is 23.4 Å². The van der Waals surface area contributed by atoms with E-state index in [0.717, 1.165) is 10.7 Å². The minimum Gasteiger partial charge on any atom is -0.231 e. The zero-order valence-corrected chi connectivity index (χ0v) is 9.83. The van der Waals surface area contributed by atoms with Crippen molar-refractivity contribution in [2.45, 2.75) is 31.3 Å². The molecule has 0 amide bonds. The molecule has 0 fully saturated rings. The fourth-order valence-electron chi connectivity index (χ4n) is 0.948. The SMILES string of the molecule is CSc1ncc(C(C)(C)C)c(Cl)n1. The zero-order chi connectivity index (χ0) is 10.1. The molecule has 0 radical (unpaired) electrons. The molecule has 0 N–H and O–H groups in total. The van der Waals surface area contributed by atoms with E-state index in [2.05, 4.69) is 30.7 Å². The molecular weight excluding hydrogens is 204 g/mol. The van der Waals surface area contributed by atoms with Crippen LogP contribution < -0.4 is 0 Å². The van der Waals surface area contributed by atoms with Crippen LogP contribution in [0.2, 0.25) is 5.15 Å². The number of rotatable bonds is 1. The van der Waals surface area contributed by atoms with Crippen LogP contribution in [0.15, 0.2) is 11.4 Å². The first kappa shape index (κ1) is 10.8. The maximum absolute atomic E-state index is 6.03. The molecule has 1 aromatic rings. The van der Waals surface area contributed by atoms with Crippen molar-refractivity contribution >= 4 is 23.4 Å². The number of aromatic nitrogens is 2. The predicted molar refractivity (Wildman–Crippen MR) is 57.5 cm³/mol. The van der Waals surface area contributed by atoms with Gasteiger partial charge in [0, 0.05) is 11.8 Å². The Kier molecular flexibility index (Phi) is 3.19. The number of hydrogen-bond acceptors (Lipinski definition) is 3. The molecule has 0 saturated carbocycles. The van der Waals surface area contributed by atoms with Crippen molar-refractivity contribution in [1.29, 1.82) is 0 Å². The largest absolute Gasteiger partial charge is 0.231 e. The Bertz CT molecular complexity index is 307. The summed E-state index contributed by atoms with van der Waals surface area (Å²) in [5, 5.41) is 1.28. The van der Waals surface area contributed by atoms with Crippen molar-refractivity contribution < 1.29 is 0 Å². The zero-order valence-electron chi connectivity index (χ0n) is 8.26. The molecule has 13 heavy (non-hydrogen) atoms. The molecule has 0 spiro atoms. The van der Waals surface area contributed by atoms with Crippen molar-refractivity contribution in [3.8, 4) is 0 Å². The lowest BCUT2D eigenvalue weighted by atomic mass is 9.89. The minimum absolute atomic E-state index is 0.00796. The molecular formula is C9H13ClN2S. The van der Waals surface area contributed by atoms with E-state index >= 15 is 0 Å². The van der Waals surface area contributed by atoms with Gasteiger partial charge in [-0.05, 0) is 11.7 Å². The first-order valence-electron chi connectivity index (χ1n) is 4.02. The summed E-state index contributed by atoms with van der Waals surface area (Å²) >= 11 is 7.52. The third-order valence-corrected chi connectivity index (χ3v) is 2.56.